The number of aryl methyl sites for hydroxylation is 1. The Morgan fingerprint density at radius 3 is 2.77 bits per heavy atom. The molecule has 3 rings (SSSR count). The number of hydrogen-bond donors (Lipinski definition) is 2. The van der Waals surface area contributed by atoms with Gasteiger partial charge >= 0.3 is 0 Å². The van der Waals surface area contributed by atoms with E-state index in [9.17, 15) is 4.79 Å². The molecule has 0 bridgehead atoms. The summed E-state index contributed by atoms with van der Waals surface area (Å²) in [5, 5.41) is 6.42. The maximum Gasteiger partial charge on any atom is 0.248 e. The fourth-order valence-electron chi connectivity index (χ4n) is 3.49. The van der Waals surface area contributed by atoms with E-state index < -0.39 is 0 Å². The minimum atomic E-state index is -0.0105. The van der Waals surface area contributed by atoms with Crippen LogP contribution in [0.1, 0.15) is 25.8 Å². The van der Waals surface area contributed by atoms with E-state index in [1.54, 1.807) is 7.11 Å². The number of guanidine groups is 1. The van der Waals surface area contributed by atoms with E-state index in [4.69, 9.17) is 9.47 Å². The summed E-state index contributed by atoms with van der Waals surface area (Å²) in [5.74, 6) is 1.86. The molecule has 2 aromatic rings. The molecule has 0 spiro atoms. The van der Waals surface area contributed by atoms with Crippen molar-refractivity contribution in [1.29, 1.82) is 0 Å². The summed E-state index contributed by atoms with van der Waals surface area (Å²) >= 11 is 0. The number of nitrogens with zero attached hydrogens (tertiary/aromatic N) is 2. The number of rotatable bonds is 7. The van der Waals surface area contributed by atoms with Gasteiger partial charge in [-0.3, -0.25) is 4.79 Å². The van der Waals surface area contributed by atoms with Gasteiger partial charge in [0.1, 0.15) is 6.54 Å². The van der Waals surface area contributed by atoms with Crippen molar-refractivity contribution in [1.82, 2.24) is 5.32 Å². The summed E-state index contributed by atoms with van der Waals surface area (Å²) in [4.78, 5) is 19.2. The van der Waals surface area contributed by atoms with Gasteiger partial charge in [-0.25, -0.2) is 4.99 Å². The number of nitrogens with one attached hydrogen (secondary N) is 2. The number of ether oxygens (including phenoxy) is 2. The first-order chi connectivity index (χ1) is 14.7. The first-order valence-electron chi connectivity index (χ1n) is 10.4. The van der Waals surface area contributed by atoms with Crippen molar-refractivity contribution >= 4 is 23.2 Å². The smallest absolute Gasteiger partial charge is 0.248 e. The molecular formula is C23H30N4O3. The fourth-order valence-corrected chi connectivity index (χ4v) is 3.49. The van der Waals surface area contributed by atoms with Gasteiger partial charge in [0.15, 0.2) is 17.5 Å². The second-order valence-corrected chi connectivity index (χ2v) is 6.90. The van der Waals surface area contributed by atoms with Crippen LogP contribution < -0.4 is 25.0 Å². The maximum absolute atomic E-state index is 12.9. The molecule has 2 aromatic carbocycles. The maximum atomic E-state index is 12.9. The Labute approximate surface area is 178 Å². The molecular weight excluding hydrogens is 380 g/mol. The standard InChI is InChI=1S/C23H30N4O3/c1-4-24-23(26-18-12-13-20(30-5-2)21(15-18)29-3)25-16-22(28)27-14-8-10-17-9-6-7-11-19(17)27/h6-7,9,11-13,15H,4-5,8,10,14,16H2,1-3H3,(H2,24,25,26). The molecule has 0 saturated carbocycles. The number of methoxy groups -OCH3 is 1. The van der Waals surface area contributed by atoms with Gasteiger partial charge in [-0.05, 0) is 50.5 Å². The van der Waals surface area contributed by atoms with Crippen molar-refractivity contribution in [3.05, 3.63) is 48.0 Å². The molecule has 1 heterocycles. The van der Waals surface area contributed by atoms with Crippen LogP contribution in [0.15, 0.2) is 47.5 Å². The van der Waals surface area contributed by atoms with Gasteiger partial charge in [0, 0.05) is 30.5 Å². The molecule has 0 fully saturated rings. The highest BCUT2D eigenvalue weighted by molar-refractivity contribution is 5.99. The predicted octanol–water partition coefficient (Wildman–Crippen LogP) is 3.45. The molecule has 1 aliphatic heterocycles. The van der Waals surface area contributed by atoms with Crippen LogP contribution in [0.4, 0.5) is 11.4 Å². The van der Waals surface area contributed by atoms with Crippen molar-refractivity contribution in [2.24, 2.45) is 4.99 Å². The molecule has 7 heteroatoms. The SMILES string of the molecule is CCNC(=NCC(=O)N1CCCc2ccccc21)Nc1ccc(OCC)c(OC)c1. The third kappa shape index (κ3) is 5.23. The number of fused-ring (bicyclic) bond motifs is 1. The first-order valence-corrected chi connectivity index (χ1v) is 10.4. The van der Waals surface area contributed by atoms with Crippen molar-refractivity contribution < 1.29 is 14.3 Å². The molecule has 0 atom stereocenters. The van der Waals surface area contributed by atoms with Gasteiger partial charge in [-0.1, -0.05) is 18.2 Å². The molecule has 30 heavy (non-hydrogen) atoms. The lowest BCUT2D eigenvalue weighted by Gasteiger charge is -2.29. The average Bonchev–Trinajstić information content (AvgIpc) is 2.78. The summed E-state index contributed by atoms with van der Waals surface area (Å²) in [6.45, 7) is 5.96. The molecule has 1 amide bonds. The first kappa shape index (κ1) is 21.5. The number of anilines is 2. The lowest BCUT2D eigenvalue weighted by molar-refractivity contribution is -0.117. The molecule has 0 aromatic heterocycles. The average molecular weight is 411 g/mol. The van der Waals surface area contributed by atoms with Gasteiger partial charge < -0.3 is 25.0 Å². The molecule has 0 unspecified atom stereocenters. The Bertz CT molecular complexity index is 898. The zero-order valence-electron chi connectivity index (χ0n) is 17.9. The van der Waals surface area contributed by atoms with Crippen LogP contribution in [0.3, 0.4) is 0 Å². The van der Waals surface area contributed by atoms with E-state index in [1.165, 1.54) is 5.56 Å². The second kappa shape index (κ2) is 10.5. The number of para-hydroxylation sites is 1. The lowest BCUT2D eigenvalue weighted by atomic mass is 10.0. The predicted molar refractivity (Wildman–Crippen MR) is 121 cm³/mol. The van der Waals surface area contributed by atoms with Crippen LogP contribution in [0.5, 0.6) is 11.5 Å². The highest BCUT2D eigenvalue weighted by Gasteiger charge is 2.21. The van der Waals surface area contributed by atoms with Crippen molar-refractivity contribution in [2.45, 2.75) is 26.7 Å². The van der Waals surface area contributed by atoms with E-state index in [-0.39, 0.29) is 12.5 Å². The number of hydrogen-bond acceptors (Lipinski definition) is 4. The minimum Gasteiger partial charge on any atom is -0.493 e. The van der Waals surface area contributed by atoms with E-state index in [1.807, 2.05) is 55.1 Å². The Balaban J connectivity index is 1.71. The molecule has 2 N–H and O–H groups in total. The van der Waals surface area contributed by atoms with Gasteiger partial charge in [0.25, 0.3) is 0 Å². The van der Waals surface area contributed by atoms with Crippen LogP contribution in [-0.4, -0.2) is 45.2 Å². The van der Waals surface area contributed by atoms with Crippen molar-refractivity contribution in [3.8, 4) is 11.5 Å². The van der Waals surface area contributed by atoms with Crippen LogP contribution in [0.2, 0.25) is 0 Å². The van der Waals surface area contributed by atoms with E-state index in [0.717, 1.165) is 30.8 Å². The Hall–Kier alpha value is -3.22. The third-order valence-electron chi connectivity index (χ3n) is 4.85. The van der Waals surface area contributed by atoms with E-state index in [0.29, 0.717) is 30.6 Å². The number of carbonyl (C=O) groups is 1. The van der Waals surface area contributed by atoms with Crippen molar-refractivity contribution in [3.63, 3.8) is 0 Å². The minimum absolute atomic E-state index is 0.0105. The molecule has 160 valence electrons. The number of amides is 1. The van der Waals surface area contributed by atoms with Gasteiger partial charge in [-0.2, -0.15) is 0 Å². The zero-order chi connectivity index (χ0) is 21.3. The van der Waals surface area contributed by atoms with Crippen LogP contribution in [0.25, 0.3) is 0 Å². The van der Waals surface area contributed by atoms with E-state index in [2.05, 4.69) is 21.7 Å². The highest BCUT2D eigenvalue weighted by Crippen LogP contribution is 2.30. The lowest BCUT2D eigenvalue weighted by Crippen LogP contribution is -2.38. The number of aliphatic imine (C=N–C) groups is 1. The van der Waals surface area contributed by atoms with E-state index >= 15 is 0 Å². The molecule has 1 aliphatic rings. The summed E-state index contributed by atoms with van der Waals surface area (Å²) in [5.41, 5.74) is 3.01. The van der Waals surface area contributed by atoms with Gasteiger partial charge in [0.2, 0.25) is 5.91 Å². The largest absolute Gasteiger partial charge is 0.493 e. The number of carbonyl (C=O) groups excluding carboxylic acids is 1. The van der Waals surface area contributed by atoms with Gasteiger partial charge in [-0.15, -0.1) is 0 Å². The summed E-state index contributed by atoms with van der Waals surface area (Å²) in [6.07, 6.45) is 1.98. The quantitative estimate of drug-likeness (QED) is 0.540. The highest BCUT2D eigenvalue weighted by atomic mass is 16.5. The topological polar surface area (TPSA) is 75.2 Å². The van der Waals surface area contributed by atoms with Crippen molar-refractivity contribution in [2.75, 3.05) is 43.6 Å². The Kier molecular flexibility index (Phi) is 7.54. The zero-order valence-corrected chi connectivity index (χ0v) is 17.9. The molecule has 0 aliphatic carbocycles. The van der Waals surface area contributed by atoms with Gasteiger partial charge in [0.05, 0.1) is 13.7 Å². The second-order valence-electron chi connectivity index (χ2n) is 6.90. The number of benzene rings is 2. The molecule has 7 nitrogen and oxygen atoms in total. The monoisotopic (exact) mass is 410 g/mol. The third-order valence-corrected chi connectivity index (χ3v) is 4.85. The summed E-state index contributed by atoms with van der Waals surface area (Å²) < 4.78 is 11.0. The van der Waals surface area contributed by atoms with Crippen LogP contribution in [0, 0.1) is 0 Å². The Morgan fingerprint density at radius 1 is 1.17 bits per heavy atom. The molecule has 0 saturated heterocycles. The fraction of sp³-hybridized carbons (Fsp3) is 0.391. The summed E-state index contributed by atoms with van der Waals surface area (Å²) in [7, 11) is 1.61. The normalized spacial score (nSPS) is 13.4. The van der Waals surface area contributed by atoms with Crippen LogP contribution >= 0.6 is 0 Å². The Morgan fingerprint density at radius 2 is 2.00 bits per heavy atom. The van der Waals surface area contributed by atoms with Crippen LogP contribution in [-0.2, 0) is 11.2 Å². The molecule has 0 radical (unpaired) electrons. The summed E-state index contributed by atoms with van der Waals surface area (Å²) in [6, 6.07) is 13.7.